The highest BCUT2D eigenvalue weighted by Gasteiger charge is 2.25. The van der Waals surface area contributed by atoms with Crippen LogP contribution in [0.4, 0.5) is 0 Å². The van der Waals surface area contributed by atoms with Gasteiger partial charge in [-0.1, -0.05) is 18.2 Å². The number of carbonyl (C=O) groups is 1. The molecule has 1 aliphatic rings. The highest BCUT2D eigenvalue weighted by atomic mass is 16.3. The zero-order chi connectivity index (χ0) is 14.7. The van der Waals surface area contributed by atoms with Crippen molar-refractivity contribution in [2.75, 3.05) is 0 Å². The van der Waals surface area contributed by atoms with Crippen LogP contribution in [0.25, 0.3) is 0 Å². The van der Waals surface area contributed by atoms with Crippen LogP contribution in [0.15, 0.2) is 42.7 Å². The van der Waals surface area contributed by atoms with Crippen LogP contribution in [-0.4, -0.2) is 16.0 Å². The fourth-order valence-electron chi connectivity index (χ4n) is 2.86. The Kier molecular flexibility index (Phi) is 3.86. The van der Waals surface area contributed by atoms with Crippen LogP contribution in [-0.2, 0) is 17.6 Å². The lowest BCUT2D eigenvalue weighted by Gasteiger charge is -2.14. The summed E-state index contributed by atoms with van der Waals surface area (Å²) in [5.41, 5.74) is 3.08. The summed E-state index contributed by atoms with van der Waals surface area (Å²) in [6, 6.07) is 9.38. The van der Waals surface area contributed by atoms with Crippen molar-refractivity contribution in [3.8, 4) is 5.75 Å². The van der Waals surface area contributed by atoms with Crippen molar-refractivity contribution >= 4 is 5.91 Å². The van der Waals surface area contributed by atoms with Crippen LogP contribution < -0.4 is 5.32 Å². The maximum atomic E-state index is 12.1. The van der Waals surface area contributed by atoms with E-state index < -0.39 is 0 Å². The van der Waals surface area contributed by atoms with Gasteiger partial charge in [0.05, 0.1) is 6.04 Å². The highest BCUT2D eigenvalue weighted by Crippen LogP contribution is 2.36. The van der Waals surface area contributed by atoms with E-state index >= 15 is 0 Å². The molecule has 1 amide bonds. The molecular weight excluding hydrogens is 264 g/mol. The number of nitrogens with one attached hydrogen (secondary N) is 1. The molecule has 0 aliphatic heterocycles. The Balaban J connectivity index is 1.59. The molecule has 0 fully saturated rings. The first kappa shape index (κ1) is 13.6. The van der Waals surface area contributed by atoms with Gasteiger partial charge in [0.1, 0.15) is 5.75 Å². The van der Waals surface area contributed by atoms with Gasteiger partial charge in [0, 0.05) is 18.8 Å². The second kappa shape index (κ2) is 5.95. The number of aryl methyl sites for hydroxylation is 1. The van der Waals surface area contributed by atoms with E-state index in [2.05, 4.69) is 10.3 Å². The van der Waals surface area contributed by atoms with Crippen LogP contribution in [0.5, 0.6) is 5.75 Å². The zero-order valence-electron chi connectivity index (χ0n) is 11.7. The van der Waals surface area contributed by atoms with Crippen molar-refractivity contribution in [1.82, 2.24) is 10.3 Å². The third kappa shape index (κ3) is 3.05. The molecule has 0 bridgehead atoms. The fourth-order valence-corrected chi connectivity index (χ4v) is 2.86. The molecule has 0 radical (unpaired) electrons. The van der Waals surface area contributed by atoms with E-state index in [1.165, 1.54) is 0 Å². The van der Waals surface area contributed by atoms with Gasteiger partial charge in [-0.2, -0.15) is 0 Å². The molecule has 108 valence electrons. The minimum atomic E-state index is 0.0218. The van der Waals surface area contributed by atoms with Crippen molar-refractivity contribution in [1.29, 1.82) is 0 Å². The van der Waals surface area contributed by atoms with Crippen LogP contribution >= 0.6 is 0 Å². The summed E-state index contributed by atoms with van der Waals surface area (Å²) in [4.78, 5) is 16.1. The van der Waals surface area contributed by atoms with E-state index in [1.807, 2.05) is 24.3 Å². The number of benzene rings is 1. The summed E-state index contributed by atoms with van der Waals surface area (Å²) in [7, 11) is 0. The lowest BCUT2D eigenvalue weighted by atomic mass is 10.1. The monoisotopic (exact) mass is 282 g/mol. The molecular formula is C17H18N2O2. The number of pyridine rings is 1. The van der Waals surface area contributed by atoms with Crippen LogP contribution in [0.1, 0.15) is 35.6 Å². The largest absolute Gasteiger partial charge is 0.508 e. The highest BCUT2D eigenvalue weighted by molar-refractivity contribution is 5.77. The molecule has 4 heteroatoms. The number of rotatable bonds is 4. The minimum absolute atomic E-state index is 0.0218. The summed E-state index contributed by atoms with van der Waals surface area (Å²) in [5.74, 6) is 0.375. The first-order valence-corrected chi connectivity index (χ1v) is 7.23. The SMILES string of the molecule is O=C(CCc1cccnc1)N[C@H]1CCc2c(O)cccc21. The number of carbonyl (C=O) groups excluding carboxylic acids is 1. The van der Waals surface area contributed by atoms with E-state index in [0.29, 0.717) is 18.6 Å². The quantitative estimate of drug-likeness (QED) is 0.905. The van der Waals surface area contributed by atoms with Crippen LogP contribution in [0, 0.1) is 0 Å². The van der Waals surface area contributed by atoms with Gasteiger partial charge >= 0.3 is 0 Å². The maximum Gasteiger partial charge on any atom is 0.220 e. The van der Waals surface area contributed by atoms with Crippen LogP contribution in [0.3, 0.4) is 0 Å². The van der Waals surface area contributed by atoms with Crippen molar-refractivity contribution in [3.05, 3.63) is 59.4 Å². The van der Waals surface area contributed by atoms with Gasteiger partial charge in [0.2, 0.25) is 5.91 Å². The van der Waals surface area contributed by atoms with E-state index in [9.17, 15) is 9.90 Å². The number of amides is 1. The van der Waals surface area contributed by atoms with Gasteiger partial charge in [0.15, 0.2) is 0 Å². The molecule has 1 aromatic heterocycles. The zero-order valence-corrected chi connectivity index (χ0v) is 11.7. The van der Waals surface area contributed by atoms with Crippen molar-refractivity contribution in [2.45, 2.75) is 31.7 Å². The van der Waals surface area contributed by atoms with E-state index in [0.717, 1.165) is 29.5 Å². The predicted octanol–water partition coefficient (Wildman–Crippen LogP) is 2.52. The first-order chi connectivity index (χ1) is 10.2. The molecule has 3 rings (SSSR count). The molecule has 1 aliphatic carbocycles. The van der Waals surface area contributed by atoms with Gasteiger partial charge in [-0.15, -0.1) is 0 Å². The van der Waals surface area contributed by atoms with Gasteiger partial charge in [0.25, 0.3) is 0 Å². The third-order valence-corrected chi connectivity index (χ3v) is 3.94. The Morgan fingerprint density at radius 2 is 2.24 bits per heavy atom. The smallest absolute Gasteiger partial charge is 0.220 e. The number of aromatic nitrogens is 1. The summed E-state index contributed by atoms with van der Waals surface area (Å²) >= 11 is 0. The molecule has 1 heterocycles. The number of phenolic OH excluding ortho intramolecular Hbond substituents is 1. The Hall–Kier alpha value is -2.36. The normalized spacial score (nSPS) is 16.5. The number of aromatic hydroxyl groups is 1. The van der Waals surface area contributed by atoms with Gasteiger partial charge in [-0.05, 0) is 48.1 Å². The lowest BCUT2D eigenvalue weighted by molar-refractivity contribution is -0.121. The summed E-state index contributed by atoms with van der Waals surface area (Å²) in [6.45, 7) is 0. The maximum absolute atomic E-state index is 12.1. The number of hydrogen-bond acceptors (Lipinski definition) is 3. The third-order valence-electron chi connectivity index (χ3n) is 3.94. The number of fused-ring (bicyclic) bond motifs is 1. The van der Waals surface area contributed by atoms with E-state index in [4.69, 9.17) is 0 Å². The minimum Gasteiger partial charge on any atom is -0.508 e. The predicted molar refractivity (Wildman–Crippen MR) is 79.9 cm³/mol. The molecule has 2 aromatic rings. The Bertz CT molecular complexity index is 640. The first-order valence-electron chi connectivity index (χ1n) is 7.23. The van der Waals surface area contributed by atoms with E-state index in [-0.39, 0.29) is 11.9 Å². The molecule has 0 saturated carbocycles. The number of nitrogens with zero attached hydrogens (tertiary/aromatic N) is 1. The lowest BCUT2D eigenvalue weighted by Crippen LogP contribution is -2.27. The number of hydrogen-bond donors (Lipinski definition) is 2. The summed E-state index contributed by atoms with van der Waals surface area (Å²) < 4.78 is 0. The average molecular weight is 282 g/mol. The van der Waals surface area contributed by atoms with Gasteiger partial charge in [-0.3, -0.25) is 9.78 Å². The Morgan fingerprint density at radius 3 is 3.05 bits per heavy atom. The second-order valence-corrected chi connectivity index (χ2v) is 5.36. The van der Waals surface area contributed by atoms with Gasteiger partial charge < -0.3 is 10.4 Å². The Labute approximate surface area is 123 Å². The summed E-state index contributed by atoms with van der Waals surface area (Å²) in [6.07, 6.45) is 6.33. The molecule has 0 saturated heterocycles. The Morgan fingerprint density at radius 1 is 1.33 bits per heavy atom. The second-order valence-electron chi connectivity index (χ2n) is 5.36. The van der Waals surface area contributed by atoms with E-state index in [1.54, 1.807) is 18.5 Å². The van der Waals surface area contributed by atoms with Gasteiger partial charge in [-0.25, -0.2) is 0 Å². The molecule has 0 spiro atoms. The standard InChI is InChI=1S/C17H18N2O2/c20-16-5-1-4-13-14(16)7-8-15(13)19-17(21)9-6-12-3-2-10-18-11-12/h1-5,10-11,15,20H,6-9H2,(H,19,21)/t15-/m0/s1. The average Bonchev–Trinajstić information content (AvgIpc) is 2.91. The molecule has 21 heavy (non-hydrogen) atoms. The molecule has 2 N–H and O–H groups in total. The summed E-state index contributed by atoms with van der Waals surface area (Å²) in [5, 5.41) is 12.9. The molecule has 4 nitrogen and oxygen atoms in total. The van der Waals surface area contributed by atoms with Crippen molar-refractivity contribution in [2.24, 2.45) is 0 Å². The van der Waals surface area contributed by atoms with Crippen molar-refractivity contribution in [3.63, 3.8) is 0 Å². The topological polar surface area (TPSA) is 62.2 Å². The molecule has 1 aromatic carbocycles. The molecule has 1 atom stereocenters. The fraction of sp³-hybridized carbons (Fsp3) is 0.294. The van der Waals surface area contributed by atoms with Crippen molar-refractivity contribution < 1.29 is 9.90 Å². The number of phenols is 1. The van der Waals surface area contributed by atoms with Crippen LogP contribution in [0.2, 0.25) is 0 Å². The molecule has 0 unspecified atom stereocenters.